The summed E-state index contributed by atoms with van der Waals surface area (Å²) in [6.45, 7) is 5.09. The van der Waals surface area contributed by atoms with Crippen molar-refractivity contribution in [2.24, 2.45) is 0 Å². The van der Waals surface area contributed by atoms with Crippen LogP contribution in [0.25, 0.3) is 5.65 Å². The van der Waals surface area contributed by atoms with Gasteiger partial charge < -0.3 is 28.9 Å². The molecule has 32 heavy (non-hydrogen) atoms. The Kier molecular flexibility index (Phi) is 5.67. The summed E-state index contributed by atoms with van der Waals surface area (Å²) in [5, 5.41) is 5.19. The molecule has 0 fully saturated rings. The number of nitrogens with one attached hydrogen (secondary N) is 2. The first-order valence-electron chi connectivity index (χ1n) is 10.0. The number of nitrogens with zero attached hydrogens (tertiary/aromatic N) is 2. The third-order valence-electron chi connectivity index (χ3n) is 4.95. The lowest BCUT2D eigenvalue weighted by atomic mass is 10.0. The molecule has 4 rings (SSSR count). The van der Waals surface area contributed by atoms with Crippen molar-refractivity contribution >= 4 is 23.6 Å². The molecule has 1 unspecified atom stereocenters. The molecule has 3 aromatic rings. The van der Waals surface area contributed by atoms with Gasteiger partial charge in [0.05, 0.1) is 17.9 Å². The highest BCUT2D eigenvalue weighted by Gasteiger charge is 2.36. The zero-order chi connectivity index (χ0) is 22.8. The van der Waals surface area contributed by atoms with Crippen molar-refractivity contribution in [2.45, 2.75) is 26.8 Å². The minimum absolute atomic E-state index is 0.0967. The fourth-order valence-corrected chi connectivity index (χ4v) is 3.46. The summed E-state index contributed by atoms with van der Waals surface area (Å²) >= 11 is 0. The first-order valence-corrected chi connectivity index (χ1v) is 10.0. The fraction of sp³-hybridized carbons (Fsp3) is 0.273. The van der Waals surface area contributed by atoms with E-state index in [2.05, 4.69) is 15.6 Å². The van der Waals surface area contributed by atoms with Gasteiger partial charge in [-0.2, -0.15) is 0 Å². The highest BCUT2D eigenvalue weighted by Crippen LogP contribution is 2.29. The van der Waals surface area contributed by atoms with Crippen LogP contribution in [0, 0.1) is 13.8 Å². The molecule has 0 saturated carbocycles. The van der Waals surface area contributed by atoms with Crippen molar-refractivity contribution in [1.82, 2.24) is 20.0 Å². The van der Waals surface area contributed by atoms with E-state index in [1.165, 1.54) is 0 Å². The number of esters is 2. The molecule has 10 nitrogen and oxygen atoms in total. The molecule has 2 N–H and O–H groups in total. The molecule has 0 saturated heterocycles. The van der Waals surface area contributed by atoms with E-state index in [9.17, 15) is 14.4 Å². The van der Waals surface area contributed by atoms with Crippen LogP contribution in [-0.4, -0.2) is 40.6 Å². The summed E-state index contributed by atoms with van der Waals surface area (Å²) in [5.41, 5.74) is 1.82. The highest BCUT2D eigenvalue weighted by molar-refractivity contribution is 5.95. The average molecular weight is 438 g/mol. The molecular weight excluding hydrogens is 416 g/mol. The summed E-state index contributed by atoms with van der Waals surface area (Å²) in [7, 11) is 0. The molecule has 1 aliphatic heterocycles. The van der Waals surface area contributed by atoms with Gasteiger partial charge in [-0.1, -0.05) is 6.07 Å². The monoisotopic (exact) mass is 438 g/mol. The van der Waals surface area contributed by atoms with E-state index in [4.69, 9.17) is 13.9 Å². The zero-order valence-corrected chi connectivity index (χ0v) is 17.8. The van der Waals surface area contributed by atoms with E-state index < -0.39 is 24.0 Å². The van der Waals surface area contributed by atoms with Gasteiger partial charge >= 0.3 is 18.0 Å². The van der Waals surface area contributed by atoms with Crippen LogP contribution in [0.1, 0.15) is 40.7 Å². The first kappa shape index (κ1) is 21.2. The van der Waals surface area contributed by atoms with Gasteiger partial charge in [0.1, 0.15) is 29.8 Å². The maximum absolute atomic E-state index is 12.7. The van der Waals surface area contributed by atoms with Crippen LogP contribution in [-0.2, 0) is 14.3 Å². The largest absolute Gasteiger partial charge is 0.464 e. The van der Waals surface area contributed by atoms with Gasteiger partial charge in [-0.05, 0) is 45.0 Å². The second-order valence-corrected chi connectivity index (χ2v) is 7.19. The van der Waals surface area contributed by atoms with Gasteiger partial charge in [0, 0.05) is 11.9 Å². The molecule has 10 heteroatoms. The lowest BCUT2D eigenvalue weighted by Crippen LogP contribution is -2.47. The number of hydrogen-bond acceptors (Lipinski definition) is 7. The number of aryl methyl sites for hydroxylation is 2. The van der Waals surface area contributed by atoms with E-state index in [-0.39, 0.29) is 30.2 Å². The summed E-state index contributed by atoms with van der Waals surface area (Å²) in [4.78, 5) is 41.8. The summed E-state index contributed by atoms with van der Waals surface area (Å²) in [5.74, 6) is -0.374. The van der Waals surface area contributed by atoms with Crippen molar-refractivity contribution in [3.8, 4) is 0 Å². The number of carbonyl (C=O) groups is 3. The van der Waals surface area contributed by atoms with Gasteiger partial charge in [-0.25, -0.2) is 19.4 Å². The normalized spacial score (nSPS) is 16.0. The predicted octanol–water partition coefficient (Wildman–Crippen LogP) is 2.57. The quantitative estimate of drug-likeness (QED) is 0.567. The zero-order valence-electron chi connectivity index (χ0n) is 17.8. The van der Waals surface area contributed by atoms with Crippen LogP contribution in [0.2, 0.25) is 0 Å². The predicted molar refractivity (Wildman–Crippen MR) is 112 cm³/mol. The standard InChI is InChI=1S/C22H22N4O6/c1-4-30-21(28)18-15(24-22(29)25-19(18)16-9-8-13(3)32-16)11-31-20(27)14-10-26-12(2)6-5-7-17(26)23-14/h5-10,19H,4,11H2,1-3H3,(H2,24,25,29). The second kappa shape index (κ2) is 8.58. The Morgan fingerprint density at radius 1 is 1.16 bits per heavy atom. The number of rotatable bonds is 6. The van der Waals surface area contributed by atoms with E-state index in [0.717, 1.165) is 5.69 Å². The van der Waals surface area contributed by atoms with Gasteiger partial charge in [-0.3, -0.25) is 0 Å². The smallest absolute Gasteiger partial charge is 0.358 e. The average Bonchev–Trinajstić information content (AvgIpc) is 3.39. The minimum Gasteiger partial charge on any atom is -0.464 e. The second-order valence-electron chi connectivity index (χ2n) is 7.19. The third kappa shape index (κ3) is 4.07. The number of ether oxygens (including phenoxy) is 2. The summed E-state index contributed by atoms with van der Waals surface area (Å²) < 4.78 is 17.9. The Morgan fingerprint density at radius 3 is 2.66 bits per heavy atom. The number of carbonyl (C=O) groups excluding carboxylic acids is 3. The topological polar surface area (TPSA) is 124 Å². The fourth-order valence-electron chi connectivity index (χ4n) is 3.46. The summed E-state index contributed by atoms with van der Waals surface area (Å²) in [6, 6.07) is 7.43. The molecular formula is C22H22N4O6. The van der Waals surface area contributed by atoms with Crippen molar-refractivity contribution in [3.05, 3.63) is 70.7 Å². The molecule has 166 valence electrons. The van der Waals surface area contributed by atoms with Crippen LogP contribution in [0.5, 0.6) is 0 Å². The number of hydrogen-bond donors (Lipinski definition) is 2. The van der Waals surface area contributed by atoms with Gasteiger partial charge in [-0.15, -0.1) is 0 Å². The molecule has 3 aromatic heterocycles. The Morgan fingerprint density at radius 2 is 1.97 bits per heavy atom. The molecule has 1 atom stereocenters. The maximum Gasteiger partial charge on any atom is 0.358 e. The number of aromatic nitrogens is 2. The van der Waals surface area contributed by atoms with Crippen LogP contribution in [0.3, 0.4) is 0 Å². The molecule has 2 amide bonds. The van der Waals surface area contributed by atoms with E-state index in [1.807, 2.05) is 19.1 Å². The number of urea groups is 1. The number of imidazole rings is 1. The van der Waals surface area contributed by atoms with E-state index >= 15 is 0 Å². The number of pyridine rings is 1. The van der Waals surface area contributed by atoms with Crippen molar-refractivity contribution in [2.75, 3.05) is 13.2 Å². The lowest BCUT2D eigenvalue weighted by Gasteiger charge is -2.27. The third-order valence-corrected chi connectivity index (χ3v) is 4.95. The molecule has 0 spiro atoms. The molecule has 0 aliphatic carbocycles. The maximum atomic E-state index is 12.7. The Hall–Kier alpha value is -4.08. The molecule has 0 radical (unpaired) electrons. The van der Waals surface area contributed by atoms with Crippen LogP contribution >= 0.6 is 0 Å². The minimum atomic E-state index is -0.886. The molecule has 0 aromatic carbocycles. The van der Waals surface area contributed by atoms with Crippen molar-refractivity contribution in [1.29, 1.82) is 0 Å². The SMILES string of the molecule is CCOC(=O)C1=C(COC(=O)c2cn3c(C)cccc3n2)NC(=O)NC1c1ccc(C)o1. The van der Waals surface area contributed by atoms with E-state index in [0.29, 0.717) is 17.2 Å². The van der Waals surface area contributed by atoms with Crippen LogP contribution in [0.15, 0.2) is 52.2 Å². The van der Waals surface area contributed by atoms with Crippen molar-refractivity contribution in [3.63, 3.8) is 0 Å². The molecule has 0 bridgehead atoms. The summed E-state index contributed by atoms with van der Waals surface area (Å²) in [6.07, 6.45) is 1.57. The van der Waals surface area contributed by atoms with E-state index in [1.54, 1.807) is 42.6 Å². The number of fused-ring (bicyclic) bond motifs is 1. The first-order chi connectivity index (χ1) is 15.4. The van der Waals surface area contributed by atoms with Crippen molar-refractivity contribution < 1.29 is 28.3 Å². The lowest BCUT2D eigenvalue weighted by molar-refractivity contribution is -0.139. The van der Waals surface area contributed by atoms with Crippen LogP contribution < -0.4 is 10.6 Å². The highest BCUT2D eigenvalue weighted by atomic mass is 16.5. The number of amides is 2. The molecule has 1 aliphatic rings. The van der Waals surface area contributed by atoms with Gasteiger partial charge in [0.15, 0.2) is 5.69 Å². The van der Waals surface area contributed by atoms with Gasteiger partial charge in [0.25, 0.3) is 0 Å². The number of furan rings is 1. The Bertz CT molecular complexity index is 1240. The van der Waals surface area contributed by atoms with Crippen LogP contribution in [0.4, 0.5) is 4.79 Å². The Balaban J connectivity index is 1.63. The Labute approximate surface area is 183 Å². The molecule has 4 heterocycles. The van der Waals surface area contributed by atoms with Gasteiger partial charge in [0.2, 0.25) is 0 Å².